The van der Waals surface area contributed by atoms with E-state index < -0.39 is 0 Å². The third-order valence-electron chi connectivity index (χ3n) is 2.82. The molecule has 1 N–H and O–H groups in total. The van der Waals surface area contributed by atoms with Gasteiger partial charge in [0.05, 0.1) is 7.14 Å². The van der Waals surface area contributed by atoms with E-state index in [1.54, 1.807) is 12.1 Å². The molecule has 2 aromatic carbocycles. The number of ketones is 1. The van der Waals surface area contributed by atoms with Gasteiger partial charge in [-0.15, -0.1) is 0 Å². The van der Waals surface area contributed by atoms with Crippen LogP contribution >= 0.6 is 90.4 Å². The fourth-order valence-corrected chi connectivity index (χ4v) is 5.18. The van der Waals surface area contributed by atoms with E-state index in [4.69, 9.17) is 0 Å². The third kappa shape index (κ3) is 3.59. The molecule has 104 valence electrons. The van der Waals surface area contributed by atoms with Crippen molar-refractivity contribution in [1.82, 2.24) is 0 Å². The number of carbonyl (C=O) groups is 1. The van der Waals surface area contributed by atoms with Gasteiger partial charge in [0.2, 0.25) is 0 Å². The number of benzene rings is 2. The Balaban J connectivity index is 2.52. The Kier molecular flexibility index (Phi) is 5.96. The first-order chi connectivity index (χ1) is 9.31. The van der Waals surface area contributed by atoms with Crippen LogP contribution in [0.25, 0.3) is 0 Å². The average Bonchev–Trinajstić information content (AvgIpc) is 2.40. The molecule has 20 heavy (non-hydrogen) atoms. The van der Waals surface area contributed by atoms with Crippen LogP contribution in [0.15, 0.2) is 24.3 Å². The summed E-state index contributed by atoms with van der Waals surface area (Å²) in [7, 11) is 0. The van der Waals surface area contributed by atoms with Gasteiger partial charge in [0.15, 0.2) is 5.78 Å². The standard InChI is InChI=1S/C14H8I4O2/c1-6-9(15)2-7(3-10(6)16)13(19)8-4-11(17)14(20)12(18)5-8/h2-5,20H,1H3. The summed E-state index contributed by atoms with van der Waals surface area (Å²) in [5, 5.41) is 9.78. The van der Waals surface area contributed by atoms with E-state index in [-0.39, 0.29) is 11.5 Å². The molecule has 2 rings (SSSR count). The maximum Gasteiger partial charge on any atom is 0.193 e. The molecule has 0 aliphatic heterocycles. The summed E-state index contributed by atoms with van der Waals surface area (Å²) in [6, 6.07) is 7.26. The highest BCUT2D eigenvalue weighted by molar-refractivity contribution is 14.1. The van der Waals surface area contributed by atoms with Gasteiger partial charge in [0.1, 0.15) is 5.75 Å². The minimum Gasteiger partial charge on any atom is -0.506 e. The van der Waals surface area contributed by atoms with Gasteiger partial charge >= 0.3 is 0 Å². The second-order valence-electron chi connectivity index (χ2n) is 4.18. The Labute approximate surface area is 171 Å². The highest BCUT2D eigenvalue weighted by Crippen LogP contribution is 2.29. The lowest BCUT2D eigenvalue weighted by molar-refractivity contribution is 0.103. The zero-order chi connectivity index (χ0) is 15.0. The normalized spacial score (nSPS) is 10.7. The number of halogens is 4. The largest absolute Gasteiger partial charge is 0.506 e. The fraction of sp³-hybridized carbons (Fsp3) is 0.0714. The van der Waals surface area contributed by atoms with E-state index in [9.17, 15) is 9.90 Å². The van der Waals surface area contributed by atoms with Crippen molar-refractivity contribution in [3.05, 3.63) is 55.2 Å². The number of aromatic hydroxyl groups is 1. The van der Waals surface area contributed by atoms with E-state index >= 15 is 0 Å². The van der Waals surface area contributed by atoms with Crippen molar-refractivity contribution in [2.75, 3.05) is 0 Å². The Morgan fingerprint density at radius 3 is 1.60 bits per heavy atom. The van der Waals surface area contributed by atoms with Gasteiger partial charge in [0, 0.05) is 18.3 Å². The number of hydrogen-bond acceptors (Lipinski definition) is 2. The summed E-state index contributed by atoms with van der Waals surface area (Å²) in [6.45, 7) is 2.05. The van der Waals surface area contributed by atoms with Crippen molar-refractivity contribution in [2.24, 2.45) is 0 Å². The summed E-state index contributed by atoms with van der Waals surface area (Å²) in [5.41, 5.74) is 2.48. The van der Waals surface area contributed by atoms with Gasteiger partial charge in [0.25, 0.3) is 0 Å². The van der Waals surface area contributed by atoms with Crippen molar-refractivity contribution in [3.8, 4) is 5.75 Å². The zero-order valence-electron chi connectivity index (χ0n) is 10.2. The van der Waals surface area contributed by atoms with Crippen LogP contribution in [0, 0.1) is 21.2 Å². The van der Waals surface area contributed by atoms with Crippen LogP contribution in [0.1, 0.15) is 21.5 Å². The Morgan fingerprint density at radius 1 is 0.850 bits per heavy atom. The number of phenolic OH excluding ortho intramolecular Hbond substituents is 1. The quantitative estimate of drug-likeness (QED) is 0.337. The lowest BCUT2D eigenvalue weighted by atomic mass is 10.0. The van der Waals surface area contributed by atoms with Crippen molar-refractivity contribution in [2.45, 2.75) is 6.92 Å². The molecule has 2 aromatic rings. The Bertz CT molecular complexity index is 605. The topological polar surface area (TPSA) is 37.3 Å². The molecule has 0 saturated heterocycles. The highest BCUT2D eigenvalue weighted by Gasteiger charge is 2.15. The molecule has 0 aliphatic carbocycles. The van der Waals surface area contributed by atoms with Gasteiger partial charge in [-0.3, -0.25) is 4.79 Å². The van der Waals surface area contributed by atoms with E-state index in [0.717, 1.165) is 7.14 Å². The second kappa shape index (κ2) is 6.94. The monoisotopic (exact) mass is 716 g/mol. The second-order valence-corrected chi connectivity index (χ2v) is 8.83. The summed E-state index contributed by atoms with van der Waals surface area (Å²) in [6.07, 6.45) is 0. The van der Waals surface area contributed by atoms with E-state index in [2.05, 4.69) is 45.2 Å². The third-order valence-corrected chi connectivity index (χ3v) is 6.71. The molecule has 2 nitrogen and oxygen atoms in total. The number of phenols is 1. The molecule has 0 fully saturated rings. The smallest absolute Gasteiger partial charge is 0.193 e. The lowest BCUT2D eigenvalue weighted by Crippen LogP contribution is -2.04. The minimum atomic E-state index is -0.0170. The molecular weight excluding hydrogens is 708 g/mol. The first kappa shape index (κ1) is 17.2. The molecule has 0 amide bonds. The Morgan fingerprint density at radius 2 is 1.20 bits per heavy atom. The molecule has 0 saturated carbocycles. The van der Waals surface area contributed by atoms with Crippen LogP contribution in [0.2, 0.25) is 0 Å². The molecule has 0 aromatic heterocycles. The van der Waals surface area contributed by atoms with Crippen LogP contribution in [-0.2, 0) is 0 Å². The average molecular weight is 716 g/mol. The van der Waals surface area contributed by atoms with Crippen LogP contribution in [0.5, 0.6) is 5.75 Å². The summed E-state index contributed by atoms with van der Waals surface area (Å²) in [4.78, 5) is 12.6. The Hall–Kier alpha value is 0.830. The molecular formula is C14H8I4O2. The molecule has 0 heterocycles. The van der Waals surface area contributed by atoms with Crippen LogP contribution in [0.4, 0.5) is 0 Å². The minimum absolute atomic E-state index is 0.0170. The molecule has 0 aliphatic rings. The van der Waals surface area contributed by atoms with Gasteiger partial charge in [-0.05, 0) is 127 Å². The van der Waals surface area contributed by atoms with Crippen molar-refractivity contribution in [3.63, 3.8) is 0 Å². The van der Waals surface area contributed by atoms with Gasteiger partial charge < -0.3 is 5.11 Å². The summed E-state index contributed by atoms with van der Waals surface area (Å²) >= 11 is 8.57. The van der Waals surface area contributed by atoms with E-state index in [1.807, 2.05) is 64.2 Å². The number of carbonyl (C=O) groups excluding carboxylic acids is 1. The first-order valence-corrected chi connectivity index (χ1v) is 9.81. The van der Waals surface area contributed by atoms with Crippen molar-refractivity contribution in [1.29, 1.82) is 0 Å². The summed E-state index contributed by atoms with van der Waals surface area (Å²) in [5.74, 6) is 0.215. The first-order valence-electron chi connectivity index (χ1n) is 5.49. The van der Waals surface area contributed by atoms with Gasteiger partial charge in [-0.25, -0.2) is 0 Å². The number of hydrogen-bond donors (Lipinski definition) is 1. The molecule has 0 atom stereocenters. The van der Waals surface area contributed by atoms with Crippen LogP contribution in [-0.4, -0.2) is 10.9 Å². The van der Waals surface area contributed by atoms with E-state index in [0.29, 0.717) is 18.3 Å². The molecule has 0 bridgehead atoms. The zero-order valence-corrected chi connectivity index (χ0v) is 18.8. The summed E-state index contributed by atoms with van der Waals surface area (Å²) < 4.78 is 3.55. The van der Waals surface area contributed by atoms with Gasteiger partial charge in [-0.1, -0.05) is 0 Å². The van der Waals surface area contributed by atoms with Crippen LogP contribution < -0.4 is 0 Å². The van der Waals surface area contributed by atoms with E-state index in [1.165, 1.54) is 5.56 Å². The predicted octanol–water partition coefficient (Wildman–Crippen LogP) is 5.35. The molecule has 0 radical (unpaired) electrons. The SMILES string of the molecule is Cc1c(I)cc(C(=O)c2cc(I)c(O)c(I)c2)cc1I. The molecule has 6 heteroatoms. The van der Waals surface area contributed by atoms with Gasteiger partial charge in [-0.2, -0.15) is 0 Å². The fourth-order valence-electron chi connectivity index (χ4n) is 1.64. The lowest BCUT2D eigenvalue weighted by Gasteiger charge is -2.08. The maximum absolute atomic E-state index is 12.6. The predicted molar refractivity (Wildman–Crippen MR) is 114 cm³/mol. The maximum atomic E-state index is 12.6. The number of rotatable bonds is 2. The van der Waals surface area contributed by atoms with Crippen molar-refractivity contribution >= 4 is 96.1 Å². The highest BCUT2D eigenvalue weighted by atomic mass is 127. The van der Waals surface area contributed by atoms with Crippen LogP contribution in [0.3, 0.4) is 0 Å². The molecule has 0 unspecified atom stereocenters. The van der Waals surface area contributed by atoms with Crippen molar-refractivity contribution < 1.29 is 9.90 Å². The molecule has 0 spiro atoms.